The SMILES string of the molecule is CSc1n[n+]2c(c(=O)[nH]1)-c1cc(Br)ccc1N[C@@H]2c1cc(O)ccc1Br. The van der Waals surface area contributed by atoms with E-state index in [1.54, 1.807) is 22.9 Å². The van der Waals surface area contributed by atoms with Crippen molar-refractivity contribution in [2.24, 2.45) is 0 Å². The second-order valence-corrected chi connectivity index (χ2v) is 8.26. The van der Waals surface area contributed by atoms with E-state index in [2.05, 4.69) is 47.3 Å². The first kappa shape index (κ1) is 17.6. The maximum atomic E-state index is 12.8. The number of aromatic amines is 1. The summed E-state index contributed by atoms with van der Waals surface area (Å²) in [4.78, 5) is 15.6. The molecular formula is C17H13Br2N4O2S+. The predicted molar refractivity (Wildman–Crippen MR) is 108 cm³/mol. The zero-order chi connectivity index (χ0) is 18.4. The molecule has 0 saturated carbocycles. The number of nitrogens with one attached hydrogen (secondary N) is 2. The van der Waals surface area contributed by atoms with E-state index in [-0.39, 0.29) is 11.3 Å². The number of aromatic nitrogens is 3. The van der Waals surface area contributed by atoms with Gasteiger partial charge in [0.1, 0.15) is 5.75 Å². The largest absolute Gasteiger partial charge is 0.508 e. The smallest absolute Gasteiger partial charge is 0.325 e. The van der Waals surface area contributed by atoms with E-state index in [1.165, 1.54) is 11.8 Å². The number of anilines is 1. The van der Waals surface area contributed by atoms with E-state index in [0.717, 1.165) is 25.8 Å². The van der Waals surface area contributed by atoms with Gasteiger partial charge in [-0.3, -0.25) is 9.78 Å². The van der Waals surface area contributed by atoms with E-state index in [0.29, 0.717) is 10.9 Å². The summed E-state index contributed by atoms with van der Waals surface area (Å²) < 4.78 is 3.34. The van der Waals surface area contributed by atoms with Crippen molar-refractivity contribution in [2.75, 3.05) is 11.6 Å². The lowest BCUT2D eigenvalue weighted by atomic mass is 10.0. The van der Waals surface area contributed by atoms with Gasteiger partial charge in [-0.1, -0.05) is 43.6 Å². The number of nitrogens with zero attached hydrogens (tertiary/aromatic N) is 2. The molecule has 2 aromatic carbocycles. The number of thioether (sulfide) groups is 1. The number of phenols is 1. The Bertz CT molecular complexity index is 1090. The topological polar surface area (TPSA) is 81.9 Å². The Morgan fingerprint density at radius 3 is 2.81 bits per heavy atom. The summed E-state index contributed by atoms with van der Waals surface area (Å²) in [5.74, 6) is 0.142. The lowest BCUT2D eigenvalue weighted by molar-refractivity contribution is -0.759. The Morgan fingerprint density at radius 2 is 2.04 bits per heavy atom. The van der Waals surface area contributed by atoms with Crippen molar-refractivity contribution in [3.63, 3.8) is 0 Å². The molecule has 132 valence electrons. The van der Waals surface area contributed by atoms with E-state index >= 15 is 0 Å². The minimum absolute atomic E-state index is 0.142. The highest BCUT2D eigenvalue weighted by atomic mass is 79.9. The molecule has 1 atom stereocenters. The molecule has 1 aliphatic rings. The molecule has 1 aromatic heterocycles. The predicted octanol–water partition coefficient (Wildman–Crippen LogP) is 3.65. The van der Waals surface area contributed by atoms with Gasteiger partial charge in [-0.25, -0.2) is 0 Å². The van der Waals surface area contributed by atoms with Crippen molar-refractivity contribution < 1.29 is 9.79 Å². The van der Waals surface area contributed by atoms with Gasteiger partial charge in [0.2, 0.25) is 5.16 Å². The number of fused-ring (bicyclic) bond motifs is 3. The Morgan fingerprint density at radius 1 is 1.23 bits per heavy atom. The monoisotopic (exact) mass is 495 g/mol. The Hall–Kier alpha value is -1.84. The summed E-state index contributed by atoms with van der Waals surface area (Å²) in [6, 6.07) is 10.7. The molecule has 0 radical (unpaired) electrons. The van der Waals surface area contributed by atoms with Gasteiger partial charge in [-0.15, -0.1) is 0 Å². The molecule has 0 aliphatic carbocycles. The molecule has 1 aliphatic heterocycles. The van der Waals surface area contributed by atoms with Crippen molar-refractivity contribution in [2.45, 2.75) is 11.3 Å². The molecule has 0 unspecified atom stereocenters. The highest BCUT2D eigenvalue weighted by Crippen LogP contribution is 2.36. The molecule has 9 heteroatoms. The first-order chi connectivity index (χ1) is 12.5. The van der Waals surface area contributed by atoms with Gasteiger partial charge in [0, 0.05) is 14.0 Å². The third-order valence-electron chi connectivity index (χ3n) is 4.10. The number of hydrogen-bond donors (Lipinski definition) is 3. The third-order valence-corrected chi connectivity index (χ3v) is 5.89. The van der Waals surface area contributed by atoms with Crippen LogP contribution < -0.4 is 15.6 Å². The molecule has 4 rings (SSSR count). The second-order valence-electron chi connectivity index (χ2n) is 5.70. The van der Waals surface area contributed by atoms with E-state index in [9.17, 15) is 9.90 Å². The highest BCUT2D eigenvalue weighted by Gasteiger charge is 2.38. The van der Waals surface area contributed by atoms with Gasteiger partial charge < -0.3 is 10.4 Å². The number of H-pyrrole nitrogens is 1. The van der Waals surface area contributed by atoms with Crippen LogP contribution in [0.4, 0.5) is 5.69 Å². The van der Waals surface area contributed by atoms with Gasteiger partial charge >= 0.3 is 11.3 Å². The maximum absolute atomic E-state index is 12.8. The van der Waals surface area contributed by atoms with Crippen LogP contribution in [0.25, 0.3) is 11.3 Å². The van der Waals surface area contributed by atoms with Crippen molar-refractivity contribution in [3.8, 4) is 17.0 Å². The van der Waals surface area contributed by atoms with Crippen molar-refractivity contribution >= 4 is 49.3 Å². The van der Waals surface area contributed by atoms with Crippen LogP contribution in [-0.2, 0) is 0 Å². The lowest BCUT2D eigenvalue weighted by Crippen LogP contribution is -2.55. The van der Waals surface area contributed by atoms with Crippen LogP contribution in [0, 0.1) is 0 Å². The van der Waals surface area contributed by atoms with Gasteiger partial charge in [0.25, 0.3) is 6.17 Å². The minimum atomic E-state index is -0.451. The normalized spacial score (nSPS) is 15.1. The Labute approximate surface area is 169 Å². The molecule has 0 saturated heterocycles. The van der Waals surface area contributed by atoms with Crippen molar-refractivity contribution in [3.05, 3.63) is 61.3 Å². The number of hydrogen-bond acceptors (Lipinski definition) is 5. The van der Waals surface area contributed by atoms with Crippen LogP contribution in [0.15, 0.2) is 55.3 Å². The molecule has 2 heterocycles. The van der Waals surface area contributed by atoms with E-state index in [1.807, 2.05) is 24.5 Å². The zero-order valence-corrected chi connectivity index (χ0v) is 17.4. The summed E-state index contributed by atoms with van der Waals surface area (Å²) in [5, 5.41) is 18.5. The zero-order valence-electron chi connectivity index (χ0n) is 13.5. The molecule has 26 heavy (non-hydrogen) atoms. The molecule has 3 aromatic rings. The van der Waals surface area contributed by atoms with Crippen molar-refractivity contribution in [1.29, 1.82) is 0 Å². The highest BCUT2D eigenvalue weighted by molar-refractivity contribution is 9.10. The number of aromatic hydroxyl groups is 1. The van der Waals surface area contributed by atoms with Crippen LogP contribution in [0.3, 0.4) is 0 Å². The van der Waals surface area contributed by atoms with Crippen LogP contribution >= 0.6 is 43.6 Å². The number of benzene rings is 2. The van der Waals surface area contributed by atoms with Crippen LogP contribution in [0.2, 0.25) is 0 Å². The number of halogens is 2. The third kappa shape index (κ3) is 2.93. The fourth-order valence-corrected chi connectivity index (χ4v) is 4.14. The Balaban J connectivity index is 2.03. The molecule has 0 spiro atoms. The molecule has 0 fully saturated rings. The van der Waals surface area contributed by atoms with E-state index < -0.39 is 6.17 Å². The summed E-state index contributed by atoms with van der Waals surface area (Å²) in [6.45, 7) is 0. The fraction of sp³-hybridized carbons (Fsp3) is 0.118. The van der Waals surface area contributed by atoms with Crippen LogP contribution in [-0.4, -0.2) is 21.4 Å². The van der Waals surface area contributed by atoms with Crippen molar-refractivity contribution in [1.82, 2.24) is 10.1 Å². The maximum Gasteiger partial charge on any atom is 0.325 e. The van der Waals surface area contributed by atoms with Crippen LogP contribution in [0.5, 0.6) is 5.75 Å². The standard InChI is InChI=1S/C17H12Br2N4O2S/c1-26-17-21-16(25)14-11-6-8(18)2-5-13(11)20-15(23(14)22-17)10-7-9(24)3-4-12(10)19/h2-7,15H,1H3,(H2,21,22,24,25)/p+1/t15-/m0/s1. The molecule has 3 N–H and O–H groups in total. The van der Waals surface area contributed by atoms with Crippen LogP contribution in [0.1, 0.15) is 11.7 Å². The quantitative estimate of drug-likeness (QED) is 0.372. The first-order valence-electron chi connectivity index (χ1n) is 7.63. The second kappa shape index (κ2) is 6.71. The fourth-order valence-electron chi connectivity index (χ4n) is 2.95. The average Bonchev–Trinajstić information content (AvgIpc) is 2.62. The number of phenolic OH excluding ortho intramolecular Hbond substituents is 1. The van der Waals surface area contributed by atoms with E-state index in [4.69, 9.17) is 0 Å². The first-order valence-corrected chi connectivity index (χ1v) is 10.4. The molecule has 6 nitrogen and oxygen atoms in total. The summed E-state index contributed by atoms with van der Waals surface area (Å²) in [6.07, 6.45) is 1.40. The summed E-state index contributed by atoms with van der Waals surface area (Å²) in [7, 11) is 0. The minimum Gasteiger partial charge on any atom is -0.508 e. The summed E-state index contributed by atoms with van der Waals surface area (Å²) in [5.41, 5.74) is 2.59. The average molecular weight is 497 g/mol. The van der Waals surface area contributed by atoms with Gasteiger partial charge in [-0.05, 0) is 47.3 Å². The number of rotatable bonds is 2. The molecular weight excluding hydrogens is 484 g/mol. The molecule has 0 bridgehead atoms. The van der Waals surface area contributed by atoms with Gasteiger partial charge in [0.15, 0.2) is 0 Å². The molecule has 0 amide bonds. The van der Waals surface area contributed by atoms with Gasteiger partial charge in [0.05, 0.1) is 16.8 Å². The lowest BCUT2D eigenvalue weighted by Gasteiger charge is -2.23. The Kier molecular flexibility index (Phi) is 4.54. The summed E-state index contributed by atoms with van der Waals surface area (Å²) >= 11 is 8.35. The van der Waals surface area contributed by atoms with Gasteiger partial charge in [-0.2, -0.15) is 0 Å².